The minimum absolute atomic E-state index is 0.0624. The van der Waals surface area contributed by atoms with Crippen molar-refractivity contribution >= 4 is 5.97 Å². The van der Waals surface area contributed by atoms with E-state index in [2.05, 4.69) is 0 Å². The van der Waals surface area contributed by atoms with Gasteiger partial charge >= 0.3 is 5.97 Å². The normalized spacial score (nSPS) is 49.6. The van der Waals surface area contributed by atoms with Gasteiger partial charge < -0.3 is 19.3 Å². The Bertz CT molecular complexity index is 366. The summed E-state index contributed by atoms with van der Waals surface area (Å²) in [4.78, 5) is 12.0. The number of fused-ring (bicyclic) bond motifs is 3. The van der Waals surface area contributed by atoms with Gasteiger partial charge in [-0.15, -0.1) is 0 Å². The third-order valence-electron chi connectivity index (χ3n) is 4.10. The maximum atomic E-state index is 12.0. The predicted molar refractivity (Wildman–Crippen MR) is 57.0 cm³/mol. The molecule has 0 aromatic rings. The van der Waals surface area contributed by atoms with Crippen molar-refractivity contribution in [3.05, 3.63) is 0 Å². The Morgan fingerprint density at radius 1 is 1.47 bits per heavy atom. The number of carbonyl (C=O) groups excluding carboxylic acids is 1. The molecule has 5 atom stereocenters. The summed E-state index contributed by atoms with van der Waals surface area (Å²) in [7, 11) is 0. The molecule has 0 amide bonds. The Morgan fingerprint density at radius 3 is 2.82 bits per heavy atom. The van der Waals surface area contributed by atoms with Gasteiger partial charge in [-0.05, 0) is 27.2 Å². The van der Waals surface area contributed by atoms with Crippen LogP contribution in [0, 0.1) is 11.3 Å². The van der Waals surface area contributed by atoms with Crippen molar-refractivity contribution < 1.29 is 24.1 Å². The fourth-order valence-corrected chi connectivity index (χ4v) is 3.34. The zero-order chi connectivity index (χ0) is 12.4. The molecule has 0 spiro atoms. The van der Waals surface area contributed by atoms with Crippen molar-refractivity contribution in [1.29, 1.82) is 0 Å². The van der Waals surface area contributed by atoms with E-state index in [9.17, 15) is 9.90 Å². The number of esters is 1. The van der Waals surface area contributed by atoms with E-state index >= 15 is 0 Å². The first-order valence-electron chi connectivity index (χ1n) is 6.13. The SMILES string of the molecule is CCOC(=O)C12CC1C(O)C1OC(C)(C)OC12. The van der Waals surface area contributed by atoms with Gasteiger partial charge in [0.15, 0.2) is 5.79 Å². The van der Waals surface area contributed by atoms with Crippen molar-refractivity contribution in [1.82, 2.24) is 0 Å². The fourth-order valence-electron chi connectivity index (χ4n) is 3.34. The molecule has 3 rings (SSSR count). The van der Waals surface area contributed by atoms with Gasteiger partial charge in [0.2, 0.25) is 0 Å². The van der Waals surface area contributed by atoms with Crippen LogP contribution in [0.25, 0.3) is 0 Å². The first-order chi connectivity index (χ1) is 7.92. The molecule has 1 saturated heterocycles. The number of aliphatic hydroxyl groups excluding tert-OH is 1. The molecular formula is C12H18O5. The second-order valence-electron chi connectivity index (χ2n) is 5.58. The molecule has 3 aliphatic rings. The molecule has 0 aromatic carbocycles. The van der Waals surface area contributed by atoms with Crippen molar-refractivity contribution in [3.63, 3.8) is 0 Å². The minimum Gasteiger partial charge on any atom is -0.465 e. The number of rotatable bonds is 2. The largest absolute Gasteiger partial charge is 0.465 e. The molecule has 17 heavy (non-hydrogen) atoms. The van der Waals surface area contributed by atoms with E-state index in [1.54, 1.807) is 20.8 Å². The maximum absolute atomic E-state index is 12.0. The molecule has 5 heteroatoms. The van der Waals surface area contributed by atoms with E-state index < -0.39 is 23.4 Å². The van der Waals surface area contributed by atoms with E-state index in [1.807, 2.05) is 0 Å². The second kappa shape index (κ2) is 3.22. The standard InChI is InChI=1S/C12H18O5/c1-4-15-10(14)12-5-6(12)7(13)8-9(12)17-11(2,3)16-8/h6-9,13H,4-5H2,1-3H3. The molecule has 3 fully saturated rings. The highest BCUT2D eigenvalue weighted by Crippen LogP contribution is 2.68. The summed E-state index contributed by atoms with van der Waals surface area (Å²) in [6.07, 6.45) is -0.732. The summed E-state index contributed by atoms with van der Waals surface area (Å²) < 4.78 is 16.6. The Hall–Kier alpha value is -0.650. The fraction of sp³-hybridized carbons (Fsp3) is 0.917. The van der Waals surface area contributed by atoms with E-state index in [-0.39, 0.29) is 18.0 Å². The summed E-state index contributed by atoms with van der Waals surface area (Å²) >= 11 is 0. The van der Waals surface area contributed by atoms with E-state index in [4.69, 9.17) is 14.2 Å². The second-order valence-corrected chi connectivity index (χ2v) is 5.58. The van der Waals surface area contributed by atoms with Crippen LogP contribution in [0.4, 0.5) is 0 Å². The molecule has 1 aliphatic heterocycles. The van der Waals surface area contributed by atoms with Gasteiger partial charge in [-0.25, -0.2) is 0 Å². The summed E-state index contributed by atoms with van der Waals surface area (Å²) in [5, 5.41) is 10.1. The van der Waals surface area contributed by atoms with Crippen LogP contribution in [0.5, 0.6) is 0 Å². The van der Waals surface area contributed by atoms with Gasteiger partial charge in [-0.3, -0.25) is 4.79 Å². The van der Waals surface area contributed by atoms with Crippen LogP contribution in [0.3, 0.4) is 0 Å². The van der Waals surface area contributed by atoms with Crippen LogP contribution in [0.2, 0.25) is 0 Å². The van der Waals surface area contributed by atoms with E-state index in [0.29, 0.717) is 13.0 Å². The molecule has 0 aromatic heterocycles. The minimum atomic E-state index is -0.733. The quantitative estimate of drug-likeness (QED) is 0.712. The van der Waals surface area contributed by atoms with Crippen LogP contribution in [-0.2, 0) is 19.0 Å². The lowest BCUT2D eigenvalue weighted by Gasteiger charge is -2.21. The van der Waals surface area contributed by atoms with Crippen molar-refractivity contribution in [3.8, 4) is 0 Å². The maximum Gasteiger partial charge on any atom is 0.315 e. The highest BCUT2D eigenvalue weighted by molar-refractivity contribution is 5.83. The monoisotopic (exact) mass is 242 g/mol. The van der Waals surface area contributed by atoms with Gasteiger partial charge in [0.25, 0.3) is 0 Å². The molecule has 0 bridgehead atoms. The first kappa shape index (κ1) is 11.4. The van der Waals surface area contributed by atoms with Gasteiger partial charge in [0, 0.05) is 5.92 Å². The van der Waals surface area contributed by atoms with E-state index in [0.717, 1.165) is 0 Å². The van der Waals surface area contributed by atoms with Crippen LogP contribution in [0.15, 0.2) is 0 Å². The Balaban J connectivity index is 1.87. The lowest BCUT2D eigenvalue weighted by molar-refractivity contribution is -0.176. The van der Waals surface area contributed by atoms with Crippen LogP contribution >= 0.6 is 0 Å². The van der Waals surface area contributed by atoms with E-state index in [1.165, 1.54) is 0 Å². The average Bonchev–Trinajstić information content (AvgIpc) is 2.85. The summed E-state index contributed by atoms with van der Waals surface area (Å²) in [6.45, 7) is 5.73. The number of ether oxygens (including phenoxy) is 3. The number of aliphatic hydroxyl groups is 1. The van der Waals surface area contributed by atoms with Crippen LogP contribution < -0.4 is 0 Å². The molecule has 1 heterocycles. The highest BCUT2D eigenvalue weighted by Gasteiger charge is 2.79. The number of carbonyl (C=O) groups is 1. The smallest absolute Gasteiger partial charge is 0.315 e. The highest BCUT2D eigenvalue weighted by atomic mass is 16.8. The van der Waals surface area contributed by atoms with Gasteiger partial charge in [0.05, 0.1) is 12.7 Å². The van der Waals surface area contributed by atoms with Crippen LogP contribution in [0.1, 0.15) is 27.2 Å². The van der Waals surface area contributed by atoms with Gasteiger partial charge in [-0.2, -0.15) is 0 Å². The molecule has 2 aliphatic carbocycles. The van der Waals surface area contributed by atoms with Gasteiger partial charge in [0.1, 0.15) is 17.6 Å². The Morgan fingerprint density at radius 2 is 2.18 bits per heavy atom. The molecule has 96 valence electrons. The van der Waals surface area contributed by atoms with Crippen molar-refractivity contribution in [2.45, 2.75) is 51.3 Å². The average molecular weight is 242 g/mol. The zero-order valence-electron chi connectivity index (χ0n) is 10.3. The third kappa shape index (κ3) is 1.33. The summed E-state index contributed by atoms with van der Waals surface area (Å²) in [5.74, 6) is -1.05. The van der Waals surface area contributed by atoms with Crippen molar-refractivity contribution in [2.24, 2.45) is 11.3 Å². The molecular weight excluding hydrogens is 224 g/mol. The molecule has 5 unspecified atom stereocenters. The molecule has 5 nitrogen and oxygen atoms in total. The third-order valence-corrected chi connectivity index (χ3v) is 4.10. The first-order valence-corrected chi connectivity index (χ1v) is 6.13. The Labute approximate surface area is 100 Å². The van der Waals surface area contributed by atoms with Crippen LogP contribution in [-0.4, -0.2) is 41.8 Å². The molecule has 2 saturated carbocycles. The lowest BCUT2D eigenvalue weighted by Crippen LogP contribution is -2.37. The summed E-state index contributed by atoms with van der Waals surface area (Å²) in [6, 6.07) is 0. The molecule has 0 radical (unpaired) electrons. The topological polar surface area (TPSA) is 65.0 Å². The number of hydrogen-bond acceptors (Lipinski definition) is 5. The summed E-state index contributed by atoms with van der Waals surface area (Å²) in [5.41, 5.74) is -0.659. The van der Waals surface area contributed by atoms with Gasteiger partial charge in [-0.1, -0.05) is 0 Å². The zero-order valence-corrected chi connectivity index (χ0v) is 10.3. The predicted octanol–water partition coefficient (Wildman–Crippen LogP) is 0.450. The molecule has 1 N–H and O–H groups in total. The lowest BCUT2D eigenvalue weighted by atomic mass is 10.00. The Kier molecular flexibility index (Phi) is 2.16. The van der Waals surface area contributed by atoms with Crippen molar-refractivity contribution in [2.75, 3.05) is 6.61 Å². The number of hydrogen-bond donors (Lipinski definition) is 1.